The Bertz CT molecular complexity index is 1090. The van der Waals surface area contributed by atoms with E-state index in [0.717, 1.165) is 0 Å². The lowest BCUT2D eigenvalue weighted by Gasteiger charge is -2.28. The minimum absolute atomic E-state index is 0.0889. The topological polar surface area (TPSA) is 341 Å². The van der Waals surface area contributed by atoms with Crippen LogP contribution in [-0.2, 0) is 0 Å². The molecule has 1 aromatic carbocycles. The average Bonchev–Trinajstić information content (AvgIpc) is 3.06. The van der Waals surface area contributed by atoms with Crippen molar-refractivity contribution in [2.24, 2.45) is 0 Å². The molecule has 0 bridgehead atoms. The van der Waals surface area contributed by atoms with Crippen molar-refractivity contribution in [2.75, 3.05) is 26.3 Å². The van der Waals surface area contributed by atoms with Gasteiger partial charge in [-0.05, 0) is 90.4 Å². The highest BCUT2D eigenvalue weighted by Gasteiger charge is 2.35. The molecule has 0 aliphatic rings. The first-order valence-electron chi connectivity index (χ1n) is 14.0. The molecule has 0 heterocycles. The molecule has 0 aliphatic heterocycles. The number of carbonyl (C=O) groups is 2. The summed E-state index contributed by atoms with van der Waals surface area (Å²) >= 11 is 7.23. The summed E-state index contributed by atoms with van der Waals surface area (Å²) in [6.45, 7) is -2.84. The zero-order valence-corrected chi connectivity index (χ0v) is 33.4. The minimum Gasteiger partial charge on any atom is -0.394 e. The Kier molecular flexibility index (Phi) is 21.2. The van der Waals surface area contributed by atoms with Crippen molar-refractivity contribution >= 4 is 102 Å². The van der Waals surface area contributed by atoms with Crippen LogP contribution >= 0.6 is 90.4 Å². The van der Waals surface area contributed by atoms with Crippen molar-refractivity contribution in [2.45, 2.75) is 86.1 Å². The van der Waals surface area contributed by atoms with E-state index >= 15 is 0 Å². The fourth-order valence-electron chi connectivity index (χ4n) is 4.08. The summed E-state index contributed by atoms with van der Waals surface area (Å²) < 4.78 is 1.19. The van der Waals surface area contributed by atoms with E-state index in [1.54, 1.807) is 0 Å². The number of aliphatic hydroxyl groups excluding tert-OH is 14. The SMILES string of the molecule is O=C(NCC(O)C(O)C(O)C(O)CC(O)C(O)CO)c1c(I)c(I)c(C(=O)NCC(O)C(O)C(O)C(O)CC(O)C(O)CO)c(I)c1I. The molecule has 18 nitrogen and oxygen atoms in total. The molecule has 0 saturated carbocycles. The molecule has 0 spiro atoms. The van der Waals surface area contributed by atoms with Crippen molar-refractivity contribution in [3.63, 3.8) is 0 Å². The summed E-state index contributed by atoms with van der Waals surface area (Å²) in [7, 11) is 0. The van der Waals surface area contributed by atoms with E-state index in [4.69, 9.17) is 10.2 Å². The van der Waals surface area contributed by atoms with Crippen molar-refractivity contribution in [1.29, 1.82) is 0 Å². The average molecular weight is 1140 g/mol. The quantitative estimate of drug-likeness (QED) is 0.0428. The summed E-state index contributed by atoms with van der Waals surface area (Å²) in [5.74, 6) is -1.48. The van der Waals surface area contributed by atoms with Crippen LogP contribution in [0.1, 0.15) is 33.6 Å². The summed E-state index contributed by atoms with van der Waals surface area (Å²) in [6.07, 6.45) is -22.9. The molecule has 0 fully saturated rings. The summed E-state index contributed by atoms with van der Waals surface area (Å²) in [6, 6.07) is 0. The van der Waals surface area contributed by atoms with Gasteiger partial charge in [0.15, 0.2) is 0 Å². The molecule has 1 rings (SSSR count). The van der Waals surface area contributed by atoms with Gasteiger partial charge in [0, 0.05) is 40.2 Å². The standard InChI is InChI=1S/C26H40I4N2O16/c27-17-15(25(47)31-3-11(39)23(45)21(43)9(37)1-7(35)13(41)5-33)18(28)20(30)16(19(17)29)26(48)32-4-12(40)24(46)22(44)10(38)2-8(36)14(42)6-34/h7-14,21-24,33-46H,1-6H2,(H,31,47)(H,32,48). The van der Waals surface area contributed by atoms with Gasteiger partial charge in [-0.15, -0.1) is 0 Å². The Morgan fingerprint density at radius 1 is 0.438 bits per heavy atom. The van der Waals surface area contributed by atoms with Crippen LogP contribution in [0.3, 0.4) is 0 Å². The Morgan fingerprint density at radius 3 is 0.938 bits per heavy atom. The highest BCUT2D eigenvalue weighted by molar-refractivity contribution is 14.1. The van der Waals surface area contributed by atoms with Crippen LogP contribution in [0.25, 0.3) is 0 Å². The lowest BCUT2D eigenvalue weighted by atomic mass is 9.97. The summed E-state index contributed by atoms with van der Waals surface area (Å²) in [5, 5.41) is 142. The maximum absolute atomic E-state index is 13.1. The molecule has 0 radical (unpaired) electrons. The van der Waals surface area contributed by atoms with Gasteiger partial charge in [-0.3, -0.25) is 9.59 Å². The van der Waals surface area contributed by atoms with Gasteiger partial charge in [0.05, 0.1) is 61.0 Å². The molecular weight excluding hydrogens is 1100 g/mol. The molecule has 12 atom stereocenters. The molecule has 0 aromatic heterocycles. The second-order valence-corrected chi connectivity index (χ2v) is 15.1. The highest BCUT2D eigenvalue weighted by Crippen LogP contribution is 2.33. The smallest absolute Gasteiger partial charge is 0.253 e. The van der Waals surface area contributed by atoms with Gasteiger partial charge in [0.25, 0.3) is 11.8 Å². The van der Waals surface area contributed by atoms with Crippen LogP contribution in [0.5, 0.6) is 0 Å². The zero-order chi connectivity index (χ0) is 37.2. The second-order valence-electron chi connectivity index (χ2n) is 10.8. The van der Waals surface area contributed by atoms with Gasteiger partial charge in [0.2, 0.25) is 0 Å². The maximum atomic E-state index is 13.1. The Morgan fingerprint density at radius 2 is 0.688 bits per heavy atom. The molecule has 16 N–H and O–H groups in total. The van der Waals surface area contributed by atoms with Crippen molar-refractivity contribution < 1.29 is 81.1 Å². The molecule has 1 aromatic rings. The van der Waals surface area contributed by atoms with Gasteiger partial charge in [-0.25, -0.2) is 0 Å². The van der Waals surface area contributed by atoms with Crippen molar-refractivity contribution in [3.05, 3.63) is 25.4 Å². The lowest BCUT2D eigenvalue weighted by molar-refractivity contribution is -0.120. The zero-order valence-electron chi connectivity index (χ0n) is 24.8. The van der Waals surface area contributed by atoms with E-state index in [0.29, 0.717) is 14.3 Å². The van der Waals surface area contributed by atoms with E-state index < -0.39 is 124 Å². The van der Waals surface area contributed by atoms with Gasteiger partial charge in [-0.2, -0.15) is 0 Å². The molecule has 12 unspecified atom stereocenters. The third-order valence-electron chi connectivity index (χ3n) is 7.17. The van der Waals surface area contributed by atoms with Crippen molar-refractivity contribution in [1.82, 2.24) is 10.6 Å². The molecular formula is C26H40I4N2O16. The molecule has 278 valence electrons. The highest BCUT2D eigenvalue weighted by atomic mass is 127. The first-order chi connectivity index (χ1) is 22.2. The van der Waals surface area contributed by atoms with Gasteiger partial charge in [-0.1, -0.05) is 0 Å². The minimum atomic E-state index is -2.00. The van der Waals surface area contributed by atoms with Crippen LogP contribution in [0.15, 0.2) is 0 Å². The second kappa shape index (κ2) is 21.9. The maximum Gasteiger partial charge on any atom is 0.253 e. The van der Waals surface area contributed by atoms with Crippen LogP contribution in [-0.4, -0.2) is 183 Å². The van der Waals surface area contributed by atoms with E-state index in [1.807, 2.05) is 90.4 Å². The third kappa shape index (κ3) is 12.9. The van der Waals surface area contributed by atoms with E-state index in [1.165, 1.54) is 0 Å². The number of hydrogen-bond acceptors (Lipinski definition) is 16. The fraction of sp³-hybridized carbons (Fsp3) is 0.692. The van der Waals surface area contributed by atoms with Crippen LogP contribution in [0.2, 0.25) is 0 Å². The number of benzene rings is 1. The number of rotatable bonds is 20. The van der Waals surface area contributed by atoms with Crippen LogP contribution in [0, 0.1) is 14.3 Å². The van der Waals surface area contributed by atoms with E-state index in [2.05, 4.69) is 10.6 Å². The van der Waals surface area contributed by atoms with Gasteiger partial charge < -0.3 is 82.1 Å². The number of hydrogen-bond donors (Lipinski definition) is 16. The van der Waals surface area contributed by atoms with Crippen LogP contribution < -0.4 is 10.6 Å². The number of nitrogens with one attached hydrogen (secondary N) is 2. The third-order valence-corrected chi connectivity index (χ3v) is 13.5. The Balaban J connectivity index is 2.94. The Hall–Kier alpha value is 0.520. The van der Waals surface area contributed by atoms with Crippen LogP contribution in [0.4, 0.5) is 0 Å². The summed E-state index contributed by atoms with van der Waals surface area (Å²) in [5.41, 5.74) is 0.178. The monoisotopic (exact) mass is 1140 g/mol. The normalized spacial score (nSPS) is 19.5. The molecule has 0 aliphatic carbocycles. The van der Waals surface area contributed by atoms with Gasteiger partial charge >= 0.3 is 0 Å². The first kappa shape index (κ1) is 46.5. The number of carbonyl (C=O) groups excluding carboxylic acids is 2. The summed E-state index contributed by atoms with van der Waals surface area (Å²) in [4.78, 5) is 26.2. The predicted octanol–water partition coefficient (Wildman–Crippen LogP) is -5.34. The van der Waals surface area contributed by atoms with E-state index in [-0.39, 0.29) is 11.1 Å². The predicted molar refractivity (Wildman–Crippen MR) is 197 cm³/mol. The first-order valence-corrected chi connectivity index (χ1v) is 18.3. The van der Waals surface area contributed by atoms with Gasteiger partial charge in [0.1, 0.15) is 36.6 Å². The van der Waals surface area contributed by atoms with Crippen molar-refractivity contribution in [3.8, 4) is 0 Å². The number of amides is 2. The molecule has 2 amide bonds. The number of halogens is 4. The largest absolute Gasteiger partial charge is 0.394 e. The molecule has 48 heavy (non-hydrogen) atoms. The number of aliphatic hydroxyl groups is 14. The lowest BCUT2D eigenvalue weighted by Crippen LogP contribution is -2.50. The fourth-order valence-corrected chi connectivity index (χ4v) is 8.25. The molecule has 22 heteroatoms. The van der Waals surface area contributed by atoms with E-state index in [9.17, 15) is 70.9 Å². The molecule has 0 saturated heterocycles. The Labute approximate surface area is 328 Å².